The van der Waals surface area contributed by atoms with Gasteiger partial charge in [0.15, 0.2) is 0 Å². The number of pyridine rings is 1. The summed E-state index contributed by atoms with van der Waals surface area (Å²) < 4.78 is 0. The Bertz CT molecular complexity index is 370. The molecule has 1 aliphatic rings. The minimum Gasteiger partial charge on any atom is -0.370 e. The predicted molar refractivity (Wildman–Crippen MR) is 61.9 cm³/mol. The van der Waals surface area contributed by atoms with Gasteiger partial charge in [0.2, 0.25) is 5.91 Å². The molecule has 5 heteroatoms. The van der Waals surface area contributed by atoms with Crippen molar-refractivity contribution in [3.05, 3.63) is 23.9 Å². The fourth-order valence-corrected chi connectivity index (χ4v) is 1.85. The van der Waals surface area contributed by atoms with E-state index in [1.54, 1.807) is 12.1 Å². The van der Waals surface area contributed by atoms with E-state index in [2.05, 4.69) is 10.3 Å². The smallest absolute Gasteiger partial charge is 0.250 e. The van der Waals surface area contributed by atoms with Crippen molar-refractivity contribution in [1.82, 2.24) is 4.98 Å². The van der Waals surface area contributed by atoms with E-state index in [0.717, 1.165) is 25.2 Å². The first-order valence-corrected chi connectivity index (χ1v) is 5.40. The molecule has 1 aliphatic carbocycles. The van der Waals surface area contributed by atoms with Crippen molar-refractivity contribution in [1.29, 1.82) is 0 Å². The first-order chi connectivity index (χ1) is 7.65. The van der Waals surface area contributed by atoms with Crippen LogP contribution in [0, 0.1) is 5.92 Å². The Morgan fingerprint density at radius 2 is 2.25 bits per heavy atom. The first kappa shape index (κ1) is 10.9. The summed E-state index contributed by atoms with van der Waals surface area (Å²) in [5.74, 6) is 0.960. The second-order valence-corrected chi connectivity index (χ2v) is 4.27. The zero-order chi connectivity index (χ0) is 11.5. The number of nitrogens with two attached hydrogens (primary N) is 2. The van der Waals surface area contributed by atoms with Gasteiger partial charge < -0.3 is 16.8 Å². The summed E-state index contributed by atoms with van der Waals surface area (Å²) in [5, 5.41) is 3.21. The molecule has 16 heavy (non-hydrogen) atoms. The molecule has 0 aromatic carbocycles. The van der Waals surface area contributed by atoms with Crippen LogP contribution in [0.3, 0.4) is 0 Å². The van der Waals surface area contributed by atoms with Crippen LogP contribution in [0.5, 0.6) is 0 Å². The van der Waals surface area contributed by atoms with Gasteiger partial charge in [-0.05, 0) is 30.9 Å². The zero-order valence-electron chi connectivity index (χ0n) is 9.02. The third kappa shape index (κ3) is 2.49. The average Bonchev–Trinajstić information content (AvgIpc) is 2.23. The van der Waals surface area contributed by atoms with Gasteiger partial charge in [-0.3, -0.25) is 4.79 Å². The van der Waals surface area contributed by atoms with Crippen molar-refractivity contribution in [2.75, 3.05) is 11.9 Å². The summed E-state index contributed by atoms with van der Waals surface area (Å²) in [5.41, 5.74) is 11.2. The van der Waals surface area contributed by atoms with Gasteiger partial charge in [-0.2, -0.15) is 0 Å². The Kier molecular flexibility index (Phi) is 3.05. The molecule has 0 spiro atoms. The number of aromatic nitrogens is 1. The molecule has 1 heterocycles. The molecule has 0 saturated heterocycles. The van der Waals surface area contributed by atoms with E-state index in [1.807, 2.05) is 0 Å². The maximum Gasteiger partial charge on any atom is 0.250 e. The number of amides is 1. The molecule has 1 amide bonds. The standard InChI is InChI=1S/C11H16N4O/c12-9-3-7(4-9)5-14-10-2-1-8(6-15-10)11(13)16/h1-2,6-7,9H,3-5,12H2,(H2,13,16)(H,14,15). The maximum absolute atomic E-state index is 10.8. The Labute approximate surface area is 94.2 Å². The van der Waals surface area contributed by atoms with E-state index in [0.29, 0.717) is 17.5 Å². The molecule has 0 aliphatic heterocycles. The molecular formula is C11H16N4O. The maximum atomic E-state index is 10.8. The fourth-order valence-electron chi connectivity index (χ4n) is 1.85. The van der Waals surface area contributed by atoms with Gasteiger partial charge in [-0.1, -0.05) is 0 Å². The van der Waals surface area contributed by atoms with E-state index in [1.165, 1.54) is 6.20 Å². The van der Waals surface area contributed by atoms with Crippen molar-refractivity contribution >= 4 is 11.7 Å². The van der Waals surface area contributed by atoms with Crippen LogP contribution in [-0.4, -0.2) is 23.5 Å². The molecule has 0 bridgehead atoms. The SMILES string of the molecule is NC(=O)c1ccc(NCC2CC(N)C2)nc1. The molecule has 5 N–H and O–H groups in total. The van der Waals surface area contributed by atoms with Crippen molar-refractivity contribution in [2.45, 2.75) is 18.9 Å². The quantitative estimate of drug-likeness (QED) is 0.681. The molecule has 0 atom stereocenters. The van der Waals surface area contributed by atoms with Gasteiger partial charge in [-0.25, -0.2) is 4.98 Å². The second-order valence-electron chi connectivity index (χ2n) is 4.27. The molecule has 1 aromatic heterocycles. The average molecular weight is 220 g/mol. The Morgan fingerprint density at radius 3 is 2.75 bits per heavy atom. The number of nitrogens with zero attached hydrogens (tertiary/aromatic N) is 1. The van der Waals surface area contributed by atoms with Crippen LogP contribution < -0.4 is 16.8 Å². The van der Waals surface area contributed by atoms with Gasteiger partial charge in [0, 0.05) is 18.8 Å². The summed E-state index contributed by atoms with van der Waals surface area (Å²) >= 11 is 0. The molecule has 5 nitrogen and oxygen atoms in total. The van der Waals surface area contributed by atoms with E-state index in [4.69, 9.17) is 11.5 Å². The number of hydrogen-bond donors (Lipinski definition) is 3. The van der Waals surface area contributed by atoms with Crippen LogP contribution in [0.15, 0.2) is 18.3 Å². The predicted octanol–water partition coefficient (Wildman–Crippen LogP) is 0.330. The zero-order valence-corrected chi connectivity index (χ0v) is 9.02. The lowest BCUT2D eigenvalue weighted by molar-refractivity contribution is 0.1000. The van der Waals surface area contributed by atoms with Crippen molar-refractivity contribution < 1.29 is 4.79 Å². The largest absolute Gasteiger partial charge is 0.370 e. The van der Waals surface area contributed by atoms with Crippen molar-refractivity contribution in [2.24, 2.45) is 17.4 Å². The summed E-state index contributed by atoms with van der Waals surface area (Å²) in [4.78, 5) is 14.9. The minimum atomic E-state index is -0.455. The van der Waals surface area contributed by atoms with E-state index >= 15 is 0 Å². The molecule has 0 unspecified atom stereocenters. The second kappa shape index (κ2) is 4.49. The Balaban J connectivity index is 1.83. The highest BCUT2D eigenvalue weighted by atomic mass is 16.1. The third-order valence-electron chi connectivity index (χ3n) is 2.89. The minimum absolute atomic E-state index is 0.372. The van der Waals surface area contributed by atoms with Gasteiger partial charge in [0.25, 0.3) is 0 Å². The van der Waals surface area contributed by atoms with Crippen molar-refractivity contribution in [3.63, 3.8) is 0 Å². The summed E-state index contributed by atoms with van der Waals surface area (Å²) in [7, 11) is 0. The normalized spacial score (nSPS) is 23.6. The van der Waals surface area contributed by atoms with E-state index < -0.39 is 5.91 Å². The van der Waals surface area contributed by atoms with E-state index in [9.17, 15) is 4.79 Å². The van der Waals surface area contributed by atoms with Crippen LogP contribution in [0.25, 0.3) is 0 Å². The highest BCUT2D eigenvalue weighted by molar-refractivity contribution is 5.92. The van der Waals surface area contributed by atoms with Crippen LogP contribution in [-0.2, 0) is 0 Å². The first-order valence-electron chi connectivity index (χ1n) is 5.40. The monoisotopic (exact) mass is 220 g/mol. The molecule has 86 valence electrons. The summed E-state index contributed by atoms with van der Waals surface area (Å²) in [6.45, 7) is 0.886. The lowest BCUT2D eigenvalue weighted by Gasteiger charge is -2.32. The van der Waals surface area contributed by atoms with Crippen LogP contribution in [0.1, 0.15) is 23.2 Å². The van der Waals surface area contributed by atoms with Crippen LogP contribution in [0.4, 0.5) is 5.82 Å². The van der Waals surface area contributed by atoms with Crippen molar-refractivity contribution in [3.8, 4) is 0 Å². The highest BCUT2D eigenvalue weighted by Gasteiger charge is 2.25. The third-order valence-corrected chi connectivity index (χ3v) is 2.89. The number of rotatable bonds is 4. The lowest BCUT2D eigenvalue weighted by Crippen LogP contribution is -2.39. The Hall–Kier alpha value is -1.62. The van der Waals surface area contributed by atoms with Gasteiger partial charge in [-0.15, -0.1) is 0 Å². The number of primary amides is 1. The van der Waals surface area contributed by atoms with Crippen LogP contribution >= 0.6 is 0 Å². The molecule has 1 saturated carbocycles. The molecule has 0 radical (unpaired) electrons. The summed E-state index contributed by atoms with van der Waals surface area (Å²) in [6, 6.07) is 3.81. The molecular weight excluding hydrogens is 204 g/mol. The highest BCUT2D eigenvalue weighted by Crippen LogP contribution is 2.25. The van der Waals surface area contributed by atoms with Crippen LogP contribution in [0.2, 0.25) is 0 Å². The topological polar surface area (TPSA) is 94.0 Å². The molecule has 1 aromatic rings. The summed E-state index contributed by atoms with van der Waals surface area (Å²) in [6.07, 6.45) is 3.63. The lowest BCUT2D eigenvalue weighted by atomic mass is 9.81. The number of anilines is 1. The number of nitrogens with one attached hydrogen (secondary N) is 1. The Morgan fingerprint density at radius 1 is 1.50 bits per heavy atom. The molecule has 2 rings (SSSR count). The fraction of sp³-hybridized carbons (Fsp3) is 0.455. The molecule has 1 fully saturated rings. The number of carbonyl (C=O) groups is 1. The van der Waals surface area contributed by atoms with Gasteiger partial charge in [0.1, 0.15) is 5.82 Å². The number of hydrogen-bond acceptors (Lipinski definition) is 4. The van der Waals surface area contributed by atoms with Gasteiger partial charge in [0.05, 0.1) is 5.56 Å². The van der Waals surface area contributed by atoms with E-state index in [-0.39, 0.29) is 0 Å². The van der Waals surface area contributed by atoms with Gasteiger partial charge >= 0.3 is 0 Å². The number of carbonyl (C=O) groups excluding carboxylic acids is 1.